The molecular weight excluding hydrogens is 316 g/mol. The number of hydrogen-bond donors (Lipinski definition) is 5. The van der Waals surface area contributed by atoms with Crippen molar-refractivity contribution in [2.75, 3.05) is 0 Å². The molecule has 1 aliphatic heterocycles. The Balaban J connectivity index is 2.04. The van der Waals surface area contributed by atoms with E-state index in [-0.39, 0.29) is 41.6 Å². The second-order valence-electron chi connectivity index (χ2n) is 5.79. The van der Waals surface area contributed by atoms with Crippen LogP contribution in [-0.4, -0.2) is 31.5 Å². The van der Waals surface area contributed by atoms with E-state index in [2.05, 4.69) is 0 Å². The van der Waals surface area contributed by atoms with Gasteiger partial charge < -0.3 is 30.3 Å². The van der Waals surface area contributed by atoms with E-state index in [0.29, 0.717) is 11.1 Å². The number of rotatable bonds is 3. The van der Waals surface area contributed by atoms with Gasteiger partial charge in [-0.1, -0.05) is 6.07 Å². The monoisotopic (exact) mass is 332 g/mol. The molecule has 0 spiro atoms. The highest BCUT2D eigenvalue weighted by atomic mass is 16.5. The molecule has 126 valence electrons. The van der Waals surface area contributed by atoms with Crippen molar-refractivity contribution in [3.8, 4) is 28.7 Å². The third kappa shape index (κ3) is 2.88. The normalized spacial score (nSPS) is 19.3. The van der Waals surface area contributed by atoms with E-state index in [9.17, 15) is 25.2 Å². The van der Waals surface area contributed by atoms with Gasteiger partial charge in [0.25, 0.3) is 0 Å². The minimum absolute atomic E-state index is 0.160. The first-order valence-corrected chi connectivity index (χ1v) is 7.30. The number of aliphatic carboxylic acids is 1. The minimum atomic E-state index is -1.02. The molecule has 0 unspecified atom stereocenters. The number of carbonyl (C=O) groups is 1. The van der Waals surface area contributed by atoms with Gasteiger partial charge in [0.2, 0.25) is 0 Å². The Hall–Kier alpha value is -3.09. The van der Waals surface area contributed by atoms with E-state index in [1.54, 1.807) is 0 Å². The standard InChI is InChI=1S/C17H16O7/c18-10-6-13(20)11-3-9(5-16(22)23)17(24-15(11)7-10)8-1-2-12(19)14(21)4-8/h1-2,4,6-7,9,17-21H,3,5H2,(H,22,23)/t9-,17+/m1/s1. The average Bonchev–Trinajstić information content (AvgIpc) is 2.49. The van der Waals surface area contributed by atoms with Crippen molar-refractivity contribution < 1.29 is 35.1 Å². The van der Waals surface area contributed by atoms with Crippen LogP contribution in [0.25, 0.3) is 0 Å². The fourth-order valence-corrected chi connectivity index (χ4v) is 2.99. The quantitative estimate of drug-likeness (QED) is 0.546. The van der Waals surface area contributed by atoms with Crippen LogP contribution in [-0.2, 0) is 11.2 Å². The van der Waals surface area contributed by atoms with Gasteiger partial charge in [-0.2, -0.15) is 0 Å². The lowest BCUT2D eigenvalue weighted by Crippen LogP contribution is -2.28. The molecule has 0 radical (unpaired) electrons. The first kappa shape index (κ1) is 15.8. The van der Waals surface area contributed by atoms with Gasteiger partial charge in [-0.3, -0.25) is 4.79 Å². The summed E-state index contributed by atoms with van der Waals surface area (Å²) in [5.74, 6) is -2.21. The number of phenols is 4. The summed E-state index contributed by atoms with van der Waals surface area (Å²) in [5.41, 5.74) is 0.920. The summed E-state index contributed by atoms with van der Waals surface area (Å²) in [6.45, 7) is 0. The minimum Gasteiger partial charge on any atom is -0.508 e. The number of phenolic OH excluding ortho intramolecular Hbond substituents is 4. The van der Waals surface area contributed by atoms with Gasteiger partial charge in [0.15, 0.2) is 11.5 Å². The van der Waals surface area contributed by atoms with Crippen molar-refractivity contribution >= 4 is 5.97 Å². The van der Waals surface area contributed by atoms with Crippen molar-refractivity contribution in [1.82, 2.24) is 0 Å². The zero-order valence-corrected chi connectivity index (χ0v) is 12.5. The topological polar surface area (TPSA) is 127 Å². The van der Waals surface area contributed by atoms with Gasteiger partial charge in [-0.05, 0) is 24.1 Å². The summed E-state index contributed by atoms with van der Waals surface area (Å²) in [7, 11) is 0. The molecule has 1 aliphatic rings. The van der Waals surface area contributed by atoms with Crippen LogP contribution in [0.2, 0.25) is 0 Å². The van der Waals surface area contributed by atoms with Gasteiger partial charge in [-0.25, -0.2) is 0 Å². The van der Waals surface area contributed by atoms with Gasteiger partial charge >= 0.3 is 5.97 Å². The summed E-state index contributed by atoms with van der Waals surface area (Å²) in [5, 5.41) is 47.8. The number of benzene rings is 2. The smallest absolute Gasteiger partial charge is 0.303 e. The summed E-state index contributed by atoms with van der Waals surface area (Å²) in [4.78, 5) is 11.2. The molecule has 2 aromatic rings. The molecule has 3 rings (SSSR count). The summed E-state index contributed by atoms with van der Waals surface area (Å²) >= 11 is 0. The Morgan fingerprint density at radius 3 is 2.46 bits per heavy atom. The first-order valence-electron chi connectivity index (χ1n) is 7.30. The Morgan fingerprint density at radius 2 is 1.79 bits per heavy atom. The number of ether oxygens (including phenoxy) is 1. The molecular formula is C17H16O7. The van der Waals surface area contributed by atoms with Gasteiger partial charge in [0.05, 0.1) is 6.42 Å². The molecule has 24 heavy (non-hydrogen) atoms. The first-order chi connectivity index (χ1) is 11.3. The highest BCUT2D eigenvalue weighted by Gasteiger charge is 2.35. The Kier molecular flexibility index (Phi) is 3.84. The third-order valence-electron chi connectivity index (χ3n) is 4.08. The maximum absolute atomic E-state index is 11.2. The van der Waals surface area contributed by atoms with E-state index < -0.39 is 18.0 Å². The molecule has 1 heterocycles. The third-order valence-corrected chi connectivity index (χ3v) is 4.08. The molecule has 0 amide bonds. The summed E-state index contributed by atoms with van der Waals surface area (Å²) in [6, 6.07) is 6.65. The summed E-state index contributed by atoms with van der Waals surface area (Å²) < 4.78 is 5.81. The highest BCUT2D eigenvalue weighted by molar-refractivity contribution is 5.67. The fraction of sp³-hybridized carbons (Fsp3) is 0.235. The Bertz CT molecular complexity index is 800. The van der Waals surface area contributed by atoms with E-state index in [1.165, 1.54) is 30.3 Å². The number of fused-ring (bicyclic) bond motifs is 1. The lowest BCUT2D eigenvalue weighted by atomic mass is 9.84. The van der Waals surface area contributed by atoms with Crippen LogP contribution in [0.5, 0.6) is 28.7 Å². The number of hydrogen-bond acceptors (Lipinski definition) is 6. The predicted molar refractivity (Wildman–Crippen MR) is 82.4 cm³/mol. The van der Waals surface area contributed by atoms with E-state index in [4.69, 9.17) is 9.84 Å². The van der Waals surface area contributed by atoms with E-state index in [0.717, 1.165) is 0 Å². The number of carboxylic acids is 1. The van der Waals surface area contributed by atoms with Crippen LogP contribution >= 0.6 is 0 Å². The van der Waals surface area contributed by atoms with Gasteiger partial charge in [-0.15, -0.1) is 0 Å². The van der Waals surface area contributed by atoms with Crippen molar-refractivity contribution in [3.63, 3.8) is 0 Å². The van der Waals surface area contributed by atoms with Crippen molar-refractivity contribution in [2.45, 2.75) is 18.9 Å². The number of carboxylic acid groups (broad SMARTS) is 1. The molecule has 7 heteroatoms. The lowest BCUT2D eigenvalue weighted by Gasteiger charge is -2.33. The molecule has 5 N–H and O–H groups in total. The lowest BCUT2D eigenvalue weighted by molar-refractivity contribution is -0.139. The molecule has 2 aromatic carbocycles. The van der Waals surface area contributed by atoms with Crippen molar-refractivity contribution in [1.29, 1.82) is 0 Å². The molecule has 0 fully saturated rings. The maximum atomic E-state index is 11.2. The highest BCUT2D eigenvalue weighted by Crippen LogP contribution is 2.46. The molecule has 0 aromatic heterocycles. The molecule has 2 atom stereocenters. The zero-order valence-electron chi connectivity index (χ0n) is 12.5. The average molecular weight is 332 g/mol. The van der Waals surface area contributed by atoms with Crippen molar-refractivity contribution in [3.05, 3.63) is 41.5 Å². The van der Waals surface area contributed by atoms with Crippen molar-refractivity contribution in [2.24, 2.45) is 5.92 Å². The van der Waals surface area contributed by atoms with Gasteiger partial charge in [0, 0.05) is 23.6 Å². The molecule has 7 nitrogen and oxygen atoms in total. The molecule has 0 saturated heterocycles. The summed E-state index contributed by atoms with van der Waals surface area (Å²) in [6.07, 6.45) is -0.673. The van der Waals surface area contributed by atoms with E-state index in [1.807, 2.05) is 0 Å². The second-order valence-corrected chi connectivity index (χ2v) is 5.79. The van der Waals surface area contributed by atoms with Crippen LogP contribution in [0.15, 0.2) is 30.3 Å². The Morgan fingerprint density at radius 1 is 1.04 bits per heavy atom. The van der Waals surface area contributed by atoms with Crippen LogP contribution in [0.4, 0.5) is 0 Å². The second kappa shape index (κ2) is 5.84. The number of aromatic hydroxyl groups is 4. The van der Waals surface area contributed by atoms with Crippen LogP contribution in [0.1, 0.15) is 23.7 Å². The van der Waals surface area contributed by atoms with Gasteiger partial charge in [0.1, 0.15) is 23.4 Å². The molecule has 0 aliphatic carbocycles. The molecule has 0 bridgehead atoms. The van der Waals surface area contributed by atoms with Crippen LogP contribution in [0.3, 0.4) is 0 Å². The SMILES string of the molecule is O=C(O)C[C@H]1Cc2c(O)cc(O)cc2O[C@H]1c1ccc(O)c(O)c1. The Labute approximate surface area is 137 Å². The van der Waals surface area contributed by atoms with Crippen LogP contribution in [0, 0.1) is 5.92 Å². The largest absolute Gasteiger partial charge is 0.508 e. The predicted octanol–water partition coefficient (Wildman–Crippen LogP) is 2.28. The molecule has 0 saturated carbocycles. The maximum Gasteiger partial charge on any atom is 0.303 e. The van der Waals surface area contributed by atoms with Crippen LogP contribution < -0.4 is 4.74 Å². The zero-order chi connectivity index (χ0) is 17.4. The fourth-order valence-electron chi connectivity index (χ4n) is 2.99. The van der Waals surface area contributed by atoms with E-state index >= 15 is 0 Å².